The highest BCUT2D eigenvalue weighted by molar-refractivity contribution is 4.99. The third-order valence-corrected chi connectivity index (χ3v) is 3.13. The number of hydrogen-bond acceptors (Lipinski definition) is 3. The monoisotopic (exact) mass is 170 g/mol. The van der Waals surface area contributed by atoms with Gasteiger partial charge >= 0.3 is 0 Å². The summed E-state index contributed by atoms with van der Waals surface area (Å²) in [4.78, 5) is 2.52. The van der Waals surface area contributed by atoms with Crippen molar-refractivity contribution >= 4 is 0 Å². The lowest BCUT2D eigenvalue weighted by molar-refractivity contribution is 0.134. The third-order valence-electron chi connectivity index (χ3n) is 3.13. The van der Waals surface area contributed by atoms with E-state index in [2.05, 4.69) is 10.2 Å². The van der Waals surface area contributed by atoms with E-state index in [1.54, 1.807) is 7.11 Å². The number of ether oxygens (including phenoxy) is 1. The Labute approximate surface area is 74.1 Å². The Hall–Kier alpha value is -0.120. The first kappa shape index (κ1) is 8.48. The largest absolute Gasteiger partial charge is 0.383 e. The summed E-state index contributed by atoms with van der Waals surface area (Å²) in [6.07, 6.45) is 1.38. The molecule has 2 rings (SSSR count). The van der Waals surface area contributed by atoms with Crippen molar-refractivity contribution < 1.29 is 4.74 Å². The summed E-state index contributed by atoms with van der Waals surface area (Å²) in [5.41, 5.74) is 0.647. The quantitative estimate of drug-likeness (QED) is 0.641. The molecule has 0 saturated carbocycles. The van der Waals surface area contributed by atoms with E-state index in [4.69, 9.17) is 4.74 Å². The second kappa shape index (κ2) is 3.32. The van der Waals surface area contributed by atoms with Crippen LogP contribution in [0.5, 0.6) is 0 Å². The summed E-state index contributed by atoms with van der Waals surface area (Å²) in [6, 6.07) is 0. The minimum atomic E-state index is 0.647. The van der Waals surface area contributed by atoms with Crippen molar-refractivity contribution in [2.24, 2.45) is 5.41 Å². The minimum Gasteiger partial charge on any atom is -0.383 e. The summed E-state index contributed by atoms with van der Waals surface area (Å²) < 4.78 is 5.07. The van der Waals surface area contributed by atoms with Gasteiger partial charge in [-0.25, -0.2) is 0 Å². The molecule has 12 heavy (non-hydrogen) atoms. The first-order valence-corrected chi connectivity index (χ1v) is 4.77. The van der Waals surface area contributed by atoms with E-state index in [1.165, 1.54) is 32.6 Å². The predicted molar refractivity (Wildman–Crippen MR) is 48.2 cm³/mol. The Kier molecular flexibility index (Phi) is 2.35. The fourth-order valence-electron chi connectivity index (χ4n) is 2.21. The zero-order valence-electron chi connectivity index (χ0n) is 7.81. The smallest absolute Gasteiger partial charge is 0.0589 e. The van der Waals surface area contributed by atoms with Gasteiger partial charge in [-0.15, -0.1) is 0 Å². The van der Waals surface area contributed by atoms with Crippen molar-refractivity contribution in [1.82, 2.24) is 10.2 Å². The molecule has 1 N–H and O–H groups in total. The van der Waals surface area contributed by atoms with Crippen LogP contribution in [0.25, 0.3) is 0 Å². The second-order valence-electron chi connectivity index (χ2n) is 4.12. The normalized spacial score (nSPS) is 27.8. The van der Waals surface area contributed by atoms with Crippen molar-refractivity contribution in [1.29, 1.82) is 0 Å². The fourth-order valence-corrected chi connectivity index (χ4v) is 2.21. The number of rotatable bonds is 3. The molecule has 0 amide bonds. The first-order chi connectivity index (χ1) is 5.85. The Morgan fingerprint density at radius 1 is 1.50 bits per heavy atom. The average molecular weight is 170 g/mol. The topological polar surface area (TPSA) is 24.5 Å². The van der Waals surface area contributed by atoms with Crippen LogP contribution in [-0.4, -0.2) is 51.3 Å². The van der Waals surface area contributed by atoms with Crippen LogP contribution in [-0.2, 0) is 4.74 Å². The van der Waals surface area contributed by atoms with E-state index in [1.807, 2.05) is 0 Å². The van der Waals surface area contributed by atoms with Crippen LogP contribution in [0.3, 0.4) is 0 Å². The molecule has 0 atom stereocenters. The van der Waals surface area contributed by atoms with Crippen LogP contribution < -0.4 is 5.32 Å². The molecule has 0 aromatic carbocycles. The third kappa shape index (κ3) is 1.49. The van der Waals surface area contributed by atoms with Crippen LogP contribution in [0.15, 0.2) is 0 Å². The molecular formula is C9H18N2O. The standard InChI is InChI=1S/C9H18N2O/c1-12-5-4-11-3-2-9(8-11)6-10-7-9/h10H,2-8H2,1H3. The van der Waals surface area contributed by atoms with E-state index in [9.17, 15) is 0 Å². The minimum absolute atomic E-state index is 0.647. The van der Waals surface area contributed by atoms with E-state index < -0.39 is 0 Å². The number of nitrogens with zero attached hydrogens (tertiary/aromatic N) is 1. The highest BCUT2D eigenvalue weighted by atomic mass is 16.5. The molecule has 0 aromatic heterocycles. The van der Waals surface area contributed by atoms with Crippen molar-refractivity contribution in [2.45, 2.75) is 6.42 Å². The lowest BCUT2D eigenvalue weighted by Crippen LogP contribution is -2.54. The number of likely N-dealkylation sites (tertiary alicyclic amines) is 1. The van der Waals surface area contributed by atoms with Gasteiger partial charge in [0.15, 0.2) is 0 Å². The van der Waals surface area contributed by atoms with Gasteiger partial charge in [0, 0.05) is 38.7 Å². The van der Waals surface area contributed by atoms with E-state index in [0.29, 0.717) is 5.41 Å². The molecule has 2 aliphatic heterocycles. The maximum Gasteiger partial charge on any atom is 0.0589 e. The lowest BCUT2D eigenvalue weighted by Gasteiger charge is -2.39. The summed E-state index contributed by atoms with van der Waals surface area (Å²) in [7, 11) is 1.77. The number of nitrogens with one attached hydrogen (secondary N) is 1. The zero-order valence-corrected chi connectivity index (χ0v) is 7.81. The average Bonchev–Trinajstić information content (AvgIpc) is 2.44. The van der Waals surface area contributed by atoms with Crippen molar-refractivity contribution in [3.63, 3.8) is 0 Å². The maximum atomic E-state index is 5.07. The van der Waals surface area contributed by atoms with E-state index in [0.717, 1.165) is 13.2 Å². The molecule has 1 spiro atoms. The van der Waals surface area contributed by atoms with Crippen LogP contribution in [0.1, 0.15) is 6.42 Å². The number of hydrogen-bond donors (Lipinski definition) is 1. The Morgan fingerprint density at radius 2 is 2.33 bits per heavy atom. The van der Waals surface area contributed by atoms with Crippen molar-refractivity contribution in [3.05, 3.63) is 0 Å². The zero-order chi connectivity index (χ0) is 8.44. The van der Waals surface area contributed by atoms with Gasteiger partial charge in [0.2, 0.25) is 0 Å². The fraction of sp³-hybridized carbons (Fsp3) is 1.00. The Balaban J connectivity index is 1.74. The van der Waals surface area contributed by atoms with Gasteiger partial charge in [0.05, 0.1) is 6.61 Å². The summed E-state index contributed by atoms with van der Waals surface area (Å²) in [6.45, 7) is 7.00. The molecule has 2 saturated heterocycles. The number of methoxy groups -OCH3 is 1. The highest BCUT2D eigenvalue weighted by Gasteiger charge is 2.42. The molecule has 0 aromatic rings. The van der Waals surface area contributed by atoms with Crippen LogP contribution in [0.2, 0.25) is 0 Å². The van der Waals surface area contributed by atoms with E-state index >= 15 is 0 Å². The van der Waals surface area contributed by atoms with Gasteiger partial charge in [-0.1, -0.05) is 0 Å². The molecule has 0 radical (unpaired) electrons. The van der Waals surface area contributed by atoms with Crippen molar-refractivity contribution in [2.75, 3.05) is 46.4 Å². The molecule has 2 aliphatic rings. The van der Waals surface area contributed by atoms with Crippen LogP contribution in [0, 0.1) is 5.41 Å². The van der Waals surface area contributed by atoms with Gasteiger partial charge in [-0.05, 0) is 13.0 Å². The summed E-state index contributed by atoms with van der Waals surface area (Å²) in [5, 5.41) is 3.36. The molecule has 2 heterocycles. The molecule has 0 unspecified atom stereocenters. The summed E-state index contributed by atoms with van der Waals surface area (Å²) in [5.74, 6) is 0. The molecule has 0 bridgehead atoms. The Bertz CT molecular complexity index is 155. The van der Waals surface area contributed by atoms with E-state index in [-0.39, 0.29) is 0 Å². The SMILES string of the molecule is COCCN1CCC2(CNC2)C1. The first-order valence-electron chi connectivity index (χ1n) is 4.77. The van der Waals surface area contributed by atoms with Gasteiger partial charge in [0.1, 0.15) is 0 Å². The van der Waals surface area contributed by atoms with Crippen LogP contribution in [0.4, 0.5) is 0 Å². The molecule has 3 heteroatoms. The molecule has 2 fully saturated rings. The molecule has 3 nitrogen and oxygen atoms in total. The molecule has 70 valence electrons. The van der Waals surface area contributed by atoms with Crippen LogP contribution >= 0.6 is 0 Å². The Morgan fingerprint density at radius 3 is 2.83 bits per heavy atom. The molecule has 0 aliphatic carbocycles. The highest BCUT2D eigenvalue weighted by Crippen LogP contribution is 2.33. The van der Waals surface area contributed by atoms with Gasteiger partial charge in [-0.3, -0.25) is 0 Å². The lowest BCUT2D eigenvalue weighted by atomic mass is 9.81. The summed E-state index contributed by atoms with van der Waals surface area (Å²) >= 11 is 0. The molecular weight excluding hydrogens is 152 g/mol. The van der Waals surface area contributed by atoms with Gasteiger partial charge < -0.3 is 15.0 Å². The second-order valence-corrected chi connectivity index (χ2v) is 4.12. The predicted octanol–water partition coefficient (Wildman–Crippen LogP) is -0.0719. The van der Waals surface area contributed by atoms with Gasteiger partial charge in [-0.2, -0.15) is 0 Å². The van der Waals surface area contributed by atoms with Gasteiger partial charge in [0.25, 0.3) is 0 Å². The van der Waals surface area contributed by atoms with Crippen molar-refractivity contribution in [3.8, 4) is 0 Å². The maximum absolute atomic E-state index is 5.07.